The summed E-state index contributed by atoms with van der Waals surface area (Å²) in [5.74, 6) is 0.857. The summed E-state index contributed by atoms with van der Waals surface area (Å²) in [4.78, 5) is 11.1. The van der Waals surface area contributed by atoms with Gasteiger partial charge in [0.15, 0.2) is 0 Å². The van der Waals surface area contributed by atoms with E-state index in [2.05, 4.69) is 43.0 Å². The molecule has 0 bridgehead atoms. The van der Waals surface area contributed by atoms with Crippen LogP contribution in [0, 0.1) is 0 Å². The second-order valence-electron chi connectivity index (χ2n) is 4.35. The number of hydrogen-bond donors (Lipinski definition) is 1. The van der Waals surface area contributed by atoms with E-state index in [0.717, 1.165) is 30.1 Å². The van der Waals surface area contributed by atoms with E-state index >= 15 is 0 Å². The molecule has 1 atom stereocenters. The Morgan fingerprint density at radius 3 is 2.88 bits per heavy atom. The summed E-state index contributed by atoms with van der Waals surface area (Å²) in [6.45, 7) is 5.25. The fourth-order valence-corrected chi connectivity index (χ4v) is 2.45. The number of halogens is 1. The van der Waals surface area contributed by atoms with Gasteiger partial charge in [0, 0.05) is 31.5 Å². The predicted octanol–water partition coefficient (Wildman–Crippen LogP) is 2.21. The van der Waals surface area contributed by atoms with Crippen LogP contribution in [0.5, 0.6) is 0 Å². The lowest BCUT2D eigenvalue weighted by Gasteiger charge is -2.35. The third-order valence-corrected chi connectivity index (χ3v) is 3.53. The second-order valence-corrected chi connectivity index (χ2v) is 5.27. The van der Waals surface area contributed by atoms with Gasteiger partial charge < -0.3 is 10.2 Å². The summed E-state index contributed by atoms with van der Waals surface area (Å²) in [6, 6.07) is 0.532. The highest BCUT2D eigenvalue weighted by Gasteiger charge is 2.23. The van der Waals surface area contributed by atoms with Gasteiger partial charge in [-0.15, -0.1) is 0 Å². The van der Waals surface area contributed by atoms with E-state index < -0.39 is 0 Å². The van der Waals surface area contributed by atoms with Crippen LogP contribution in [0.1, 0.15) is 26.2 Å². The molecule has 0 saturated carbocycles. The maximum atomic E-state index is 4.40. The maximum Gasteiger partial charge on any atom is 0.225 e. The number of nitrogens with one attached hydrogen (secondary N) is 1. The maximum absolute atomic E-state index is 4.40. The molecule has 1 aliphatic heterocycles. The van der Waals surface area contributed by atoms with Crippen molar-refractivity contribution in [2.24, 2.45) is 0 Å². The average molecular weight is 299 g/mol. The van der Waals surface area contributed by atoms with Crippen LogP contribution in [0.2, 0.25) is 0 Å². The van der Waals surface area contributed by atoms with Gasteiger partial charge in [0.2, 0.25) is 5.95 Å². The Balaban J connectivity index is 2.07. The molecule has 0 aromatic carbocycles. The predicted molar refractivity (Wildman–Crippen MR) is 73.3 cm³/mol. The fourth-order valence-electron chi connectivity index (χ4n) is 2.24. The smallest absolute Gasteiger partial charge is 0.225 e. The van der Waals surface area contributed by atoms with Gasteiger partial charge in [0.05, 0.1) is 4.47 Å². The molecule has 2 heterocycles. The fraction of sp³-hybridized carbons (Fsp3) is 0.667. The van der Waals surface area contributed by atoms with Gasteiger partial charge in [0.25, 0.3) is 0 Å². The van der Waals surface area contributed by atoms with E-state index in [1.165, 1.54) is 19.3 Å². The van der Waals surface area contributed by atoms with Crippen molar-refractivity contribution in [2.45, 2.75) is 32.2 Å². The van der Waals surface area contributed by atoms with Gasteiger partial charge in [-0.25, -0.2) is 9.97 Å². The zero-order valence-electron chi connectivity index (χ0n) is 10.2. The van der Waals surface area contributed by atoms with Gasteiger partial charge in [-0.05, 0) is 41.7 Å². The molecule has 4 nitrogen and oxygen atoms in total. The Morgan fingerprint density at radius 2 is 2.18 bits per heavy atom. The largest absolute Gasteiger partial charge is 0.337 e. The number of piperidine rings is 1. The zero-order chi connectivity index (χ0) is 12.1. The molecule has 0 amide bonds. The normalized spacial score (nSPS) is 20.6. The number of rotatable bonds is 4. The third-order valence-electron chi connectivity index (χ3n) is 3.12. The molecule has 2 rings (SSSR count). The molecule has 94 valence electrons. The minimum absolute atomic E-state index is 0.532. The second kappa shape index (κ2) is 6.31. The van der Waals surface area contributed by atoms with E-state index in [9.17, 15) is 0 Å². The van der Waals surface area contributed by atoms with E-state index in [-0.39, 0.29) is 0 Å². The Kier molecular flexibility index (Phi) is 4.74. The van der Waals surface area contributed by atoms with Crippen LogP contribution in [0.3, 0.4) is 0 Å². The summed E-state index contributed by atoms with van der Waals surface area (Å²) < 4.78 is 0.932. The first-order valence-corrected chi connectivity index (χ1v) is 7.05. The lowest BCUT2D eigenvalue weighted by molar-refractivity contribution is 0.433. The Labute approximate surface area is 111 Å². The lowest BCUT2D eigenvalue weighted by atomic mass is 10.0. The van der Waals surface area contributed by atoms with Crippen LogP contribution in [-0.2, 0) is 0 Å². The van der Waals surface area contributed by atoms with Gasteiger partial charge in [0.1, 0.15) is 0 Å². The summed E-state index contributed by atoms with van der Waals surface area (Å²) in [5.41, 5.74) is 0. The molecule has 0 aliphatic carbocycles. The number of anilines is 1. The third kappa shape index (κ3) is 3.39. The van der Waals surface area contributed by atoms with Crippen molar-refractivity contribution in [3.8, 4) is 0 Å². The Hall–Kier alpha value is -0.680. The zero-order valence-corrected chi connectivity index (χ0v) is 11.8. The molecule has 1 aliphatic rings. The highest BCUT2D eigenvalue weighted by atomic mass is 79.9. The molecule has 1 N–H and O–H groups in total. The molecule has 0 spiro atoms. The molecule has 5 heteroatoms. The van der Waals surface area contributed by atoms with Crippen molar-refractivity contribution in [3.63, 3.8) is 0 Å². The number of nitrogens with zero attached hydrogens (tertiary/aromatic N) is 3. The van der Waals surface area contributed by atoms with E-state index in [1.54, 1.807) is 0 Å². The quantitative estimate of drug-likeness (QED) is 0.925. The van der Waals surface area contributed by atoms with E-state index in [1.807, 2.05) is 12.4 Å². The molecule has 17 heavy (non-hydrogen) atoms. The van der Waals surface area contributed by atoms with Gasteiger partial charge in [-0.2, -0.15) is 0 Å². The minimum Gasteiger partial charge on any atom is -0.337 e. The van der Waals surface area contributed by atoms with Gasteiger partial charge in [-0.3, -0.25) is 0 Å². The number of hydrogen-bond acceptors (Lipinski definition) is 4. The Bertz CT molecular complexity index is 341. The number of likely N-dealkylation sites (N-methyl/N-ethyl adjacent to an activating group) is 1. The highest BCUT2D eigenvalue weighted by Crippen LogP contribution is 2.21. The van der Waals surface area contributed by atoms with Crippen molar-refractivity contribution in [1.29, 1.82) is 0 Å². The molecule has 1 fully saturated rings. The average Bonchev–Trinajstić information content (AvgIpc) is 2.38. The summed E-state index contributed by atoms with van der Waals surface area (Å²) in [5, 5.41) is 3.42. The molecular formula is C12H19BrN4. The summed E-state index contributed by atoms with van der Waals surface area (Å²) >= 11 is 3.37. The standard InChI is InChI=1S/C12H19BrN4/c1-2-14-9-11-5-3-4-6-17(11)12-15-7-10(13)8-16-12/h7-8,11,14H,2-6,9H2,1H3. The van der Waals surface area contributed by atoms with Crippen LogP contribution in [0.4, 0.5) is 5.95 Å². The SMILES string of the molecule is CCNCC1CCCCN1c1ncc(Br)cn1. The van der Waals surface area contributed by atoms with Crippen molar-refractivity contribution in [2.75, 3.05) is 24.5 Å². The number of aromatic nitrogens is 2. The summed E-state index contributed by atoms with van der Waals surface area (Å²) in [7, 11) is 0. The van der Waals surface area contributed by atoms with Crippen molar-refractivity contribution >= 4 is 21.9 Å². The molecule has 0 radical (unpaired) electrons. The van der Waals surface area contributed by atoms with Gasteiger partial charge in [-0.1, -0.05) is 6.92 Å². The molecule has 1 aromatic heterocycles. The minimum atomic E-state index is 0.532. The van der Waals surface area contributed by atoms with Crippen molar-refractivity contribution in [1.82, 2.24) is 15.3 Å². The first-order chi connectivity index (χ1) is 8.31. The van der Waals surface area contributed by atoms with Crippen molar-refractivity contribution < 1.29 is 0 Å². The van der Waals surface area contributed by atoms with Gasteiger partial charge >= 0.3 is 0 Å². The molecular weight excluding hydrogens is 280 g/mol. The first-order valence-electron chi connectivity index (χ1n) is 6.26. The lowest BCUT2D eigenvalue weighted by Crippen LogP contribution is -2.46. The first kappa shape index (κ1) is 12.8. The molecule has 1 saturated heterocycles. The van der Waals surface area contributed by atoms with Crippen LogP contribution < -0.4 is 10.2 Å². The Morgan fingerprint density at radius 1 is 1.41 bits per heavy atom. The topological polar surface area (TPSA) is 41.0 Å². The van der Waals surface area contributed by atoms with Crippen LogP contribution in [-0.4, -0.2) is 35.6 Å². The van der Waals surface area contributed by atoms with Crippen LogP contribution in [0.15, 0.2) is 16.9 Å². The van der Waals surface area contributed by atoms with Crippen molar-refractivity contribution in [3.05, 3.63) is 16.9 Å². The van der Waals surface area contributed by atoms with E-state index in [0.29, 0.717) is 6.04 Å². The summed E-state index contributed by atoms with van der Waals surface area (Å²) in [6.07, 6.45) is 7.42. The molecule has 1 aromatic rings. The molecule has 1 unspecified atom stereocenters. The monoisotopic (exact) mass is 298 g/mol. The highest BCUT2D eigenvalue weighted by molar-refractivity contribution is 9.10. The van der Waals surface area contributed by atoms with Crippen LogP contribution >= 0.6 is 15.9 Å². The van der Waals surface area contributed by atoms with E-state index in [4.69, 9.17) is 0 Å². The van der Waals surface area contributed by atoms with Crippen LogP contribution in [0.25, 0.3) is 0 Å².